The molecule has 1 aromatic rings. The van der Waals surface area contributed by atoms with Gasteiger partial charge in [0.25, 0.3) is 0 Å². The monoisotopic (exact) mass is 258 g/mol. The molecule has 1 aromatic carbocycles. The Bertz CT molecular complexity index is 490. The Morgan fingerprint density at radius 3 is 2.74 bits per heavy atom. The Balaban J connectivity index is 1.80. The molecule has 3 heteroatoms. The summed E-state index contributed by atoms with van der Waals surface area (Å²) in [4.78, 5) is 14.6. The summed E-state index contributed by atoms with van der Waals surface area (Å²) < 4.78 is 0. The van der Waals surface area contributed by atoms with E-state index in [0.717, 1.165) is 43.1 Å². The Morgan fingerprint density at radius 2 is 2.00 bits per heavy atom. The average Bonchev–Trinajstić information content (AvgIpc) is 2.84. The van der Waals surface area contributed by atoms with Crippen LogP contribution >= 0.6 is 0 Å². The molecule has 1 fully saturated rings. The molecule has 1 aliphatic heterocycles. The number of carbonyl (C=O) groups excluding carboxylic acids is 1. The Labute approximate surface area is 114 Å². The zero-order valence-electron chi connectivity index (χ0n) is 11.6. The number of amides is 1. The number of anilines is 2. The van der Waals surface area contributed by atoms with Crippen molar-refractivity contribution < 1.29 is 4.79 Å². The van der Waals surface area contributed by atoms with Gasteiger partial charge >= 0.3 is 0 Å². The Hall–Kier alpha value is -1.51. The molecule has 2 N–H and O–H groups in total. The first-order valence-electron chi connectivity index (χ1n) is 7.35. The molecule has 3 nitrogen and oxygen atoms in total. The van der Waals surface area contributed by atoms with Gasteiger partial charge in [-0.3, -0.25) is 4.79 Å². The fourth-order valence-corrected chi connectivity index (χ4v) is 3.43. The average molecular weight is 258 g/mol. The molecule has 3 rings (SSSR count). The van der Waals surface area contributed by atoms with E-state index in [9.17, 15) is 4.79 Å². The SMILES string of the molecule is CC1CCC(C(=O)N2CCc3cccc(N)c32)CC1. The van der Waals surface area contributed by atoms with Gasteiger partial charge in [-0.15, -0.1) is 0 Å². The summed E-state index contributed by atoms with van der Waals surface area (Å²) in [5, 5.41) is 0. The number of fused-ring (bicyclic) bond motifs is 1. The van der Waals surface area contributed by atoms with E-state index >= 15 is 0 Å². The number of para-hydroxylation sites is 1. The van der Waals surface area contributed by atoms with Crippen LogP contribution in [-0.4, -0.2) is 12.5 Å². The molecule has 19 heavy (non-hydrogen) atoms. The summed E-state index contributed by atoms with van der Waals surface area (Å²) in [6.07, 6.45) is 5.38. The van der Waals surface area contributed by atoms with Gasteiger partial charge in [0.1, 0.15) is 0 Å². The fraction of sp³-hybridized carbons (Fsp3) is 0.562. The number of nitrogen functional groups attached to an aromatic ring is 1. The van der Waals surface area contributed by atoms with Crippen LogP contribution in [0.3, 0.4) is 0 Å². The first-order valence-corrected chi connectivity index (χ1v) is 7.35. The van der Waals surface area contributed by atoms with Crippen molar-refractivity contribution in [2.24, 2.45) is 11.8 Å². The van der Waals surface area contributed by atoms with E-state index in [4.69, 9.17) is 5.73 Å². The summed E-state index contributed by atoms with van der Waals surface area (Å²) >= 11 is 0. The number of nitrogens with zero attached hydrogens (tertiary/aromatic N) is 1. The highest BCUT2D eigenvalue weighted by atomic mass is 16.2. The molecule has 0 atom stereocenters. The second kappa shape index (κ2) is 4.87. The minimum Gasteiger partial charge on any atom is -0.397 e. The standard InChI is InChI=1S/C16H22N2O/c1-11-5-7-13(8-6-11)16(19)18-10-9-12-3-2-4-14(17)15(12)18/h2-4,11,13H,5-10,17H2,1H3. The van der Waals surface area contributed by atoms with Crippen LogP contribution < -0.4 is 10.6 Å². The smallest absolute Gasteiger partial charge is 0.230 e. The quantitative estimate of drug-likeness (QED) is 0.787. The number of rotatable bonds is 1. The molecule has 2 aliphatic rings. The summed E-state index contributed by atoms with van der Waals surface area (Å²) in [6, 6.07) is 5.96. The summed E-state index contributed by atoms with van der Waals surface area (Å²) in [5.74, 6) is 1.28. The molecule has 0 aromatic heterocycles. The van der Waals surface area contributed by atoms with Crippen LogP contribution in [-0.2, 0) is 11.2 Å². The first-order chi connectivity index (χ1) is 9.16. The Kier molecular flexibility index (Phi) is 3.21. The molecule has 1 heterocycles. The van der Waals surface area contributed by atoms with Crippen LogP contribution in [0.2, 0.25) is 0 Å². The second-order valence-corrected chi connectivity index (χ2v) is 6.05. The molecule has 102 valence electrons. The van der Waals surface area contributed by atoms with E-state index in [0.29, 0.717) is 5.91 Å². The lowest BCUT2D eigenvalue weighted by atomic mass is 9.82. The minimum atomic E-state index is 0.210. The van der Waals surface area contributed by atoms with E-state index in [2.05, 4.69) is 13.0 Å². The van der Waals surface area contributed by atoms with Gasteiger partial charge < -0.3 is 10.6 Å². The van der Waals surface area contributed by atoms with Gasteiger partial charge in [-0.25, -0.2) is 0 Å². The van der Waals surface area contributed by atoms with E-state index in [-0.39, 0.29) is 5.92 Å². The Morgan fingerprint density at radius 1 is 1.26 bits per heavy atom. The predicted octanol–water partition coefficient (Wildman–Crippen LogP) is 2.98. The molecule has 0 unspecified atom stereocenters. The number of carbonyl (C=O) groups is 1. The van der Waals surface area contributed by atoms with Gasteiger partial charge in [0, 0.05) is 12.5 Å². The van der Waals surface area contributed by atoms with Gasteiger partial charge in [0.05, 0.1) is 11.4 Å². The highest BCUT2D eigenvalue weighted by molar-refractivity contribution is 6.00. The van der Waals surface area contributed by atoms with Gasteiger partial charge in [-0.1, -0.05) is 19.1 Å². The zero-order chi connectivity index (χ0) is 13.4. The lowest BCUT2D eigenvalue weighted by Gasteiger charge is -2.29. The number of hydrogen-bond acceptors (Lipinski definition) is 2. The van der Waals surface area contributed by atoms with Crippen LogP contribution in [0.1, 0.15) is 38.2 Å². The highest BCUT2D eigenvalue weighted by Crippen LogP contribution is 2.37. The van der Waals surface area contributed by atoms with Crippen LogP contribution in [0.4, 0.5) is 11.4 Å². The van der Waals surface area contributed by atoms with Crippen LogP contribution in [0.15, 0.2) is 18.2 Å². The van der Waals surface area contributed by atoms with Gasteiger partial charge in [0.15, 0.2) is 0 Å². The summed E-state index contributed by atoms with van der Waals surface area (Å²) in [5.41, 5.74) is 9.00. The topological polar surface area (TPSA) is 46.3 Å². The van der Waals surface area contributed by atoms with E-state index in [1.54, 1.807) is 0 Å². The van der Waals surface area contributed by atoms with E-state index in [1.165, 1.54) is 18.4 Å². The number of hydrogen-bond donors (Lipinski definition) is 1. The third-order valence-corrected chi connectivity index (χ3v) is 4.66. The van der Waals surface area contributed by atoms with Crippen LogP contribution in [0.25, 0.3) is 0 Å². The molecule has 0 saturated heterocycles. The summed E-state index contributed by atoms with van der Waals surface area (Å²) in [7, 11) is 0. The zero-order valence-corrected chi connectivity index (χ0v) is 11.6. The second-order valence-electron chi connectivity index (χ2n) is 6.05. The normalized spacial score (nSPS) is 26.3. The van der Waals surface area contributed by atoms with Crippen molar-refractivity contribution in [1.29, 1.82) is 0 Å². The number of nitrogens with two attached hydrogens (primary N) is 1. The molecule has 1 saturated carbocycles. The molecule has 1 aliphatic carbocycles. The van der Waals surface area contributed by atoms with Crippen molar-refractivity contribution in [3.8, 4) is 0 Å². The third-order valence-electron chi connectivity index (χ3n) is 4.66. The third kappa shape index (κ3) is 2.22. The van der Waals surface area contributed by atoms with Crippen molar-refractivity contribution in [3.05, 3.63) is 23.8 Å². The maximum Gasteiger partial charge on any atom is 0.230 e. The van der Waals surface area contributed by atoms with Gasteiger partial charge in [-0.2, -0.15) is 0 Å². The van der Waals surface area contributed by atoms with Crippen molar-refractivity contribution in [1.82, 2.24) is 0 Å². The summed E-state index contributed by atoms with van der Waals surface area (Å²) in [6.45, 7) is 3.08. The maximum atomic E-state index is 12.7. The van der Waals surface area contributed by atoms with Gasteiger partial charge in [-0.05, 0) is 49.7 Å². The lowest BCUT2D eigenvalue weighted by Crippen LogP contribution is -2.36. The largest absolute Gasteiger partial charge is 0.397 e. The van der Waals surface area contributed by atoms with Crippen LogP contribution in [0, 0.1) is 11.8 Å². The van der Waals surface area contributed by atoms with Crippen molar-refractivity contribution in [2.75, 3.05) is 17.2 Å². The predicted molar refractivity (Wildman–Crippen MR) is 78.0 cm³/mol. The molecule has 0 radical (unpaired) electrons. The molecular weight excluding hydrogens is 236 g/mol. The molecule has 0 spiro atoms. The van der Waals surface area contributed by atoms with E-state index in [1.807, 2.05) is 17.0 Å². The van der Waals surface area contributed by atoms with Crippen molar-refractivity contribution >= 4 is 17.3 Å². The highest BCUT2D eigenvalue weighted by Gasteiger charge is 2.33. The number of benzene rings is 1. The lowest BCUT2D eigenvalue weighted by molar-refractivity contribution is -0.123. The maximum absolute atomic E-state index is 12.7. The van der Waals surface area contributed by atoms with Crippen LogP contribution in [0.5, 0.6) is 0 Å². The van der Waals surface area contributed by atoms with Gasteiger partial charge in [0.2, 0.25) is 5.91 Å². The minimum absolute atomic E-state index is 0.210. The van der Waals surface area contributed by atoms with E-state index < -0.39 is 0 Å². The molecular formula is C16H22N2O. The molecule has 0 bridgehead atoms. The first kappa shape index (κ1) is 12.5. The molecule has 1 amide bonds. The van der Waals surface area contributed by atoms with Crippen molar-refractivity contribution in [3.63, 3.8) is 0 Å². The fourth-order valence-electron chi connectivity index (χ4n) is 3.43. The van der Waals surface area contributed by atoms with Crippen molar-refractivity contribution in [2.45, 2.75) is 39.0 Å².